The van der Waals surface area contributed by atoms with E-state index in [1.54, 1.807) is 24.3 Å². The van der Waals surface area contributed by atoms with Crippen LogP contribution in [-0.2, 0) is 30.2 Å². The minimum Gasteiger partial charge on any atom is -0.494 e. The summed E-state index contributed by atoms with van der Waals surface area (Å²) in [4.78, 5) is 29.0. The second kappa shape index (κ2) is 14.5. The zero-order valence-corrected chi connectivity index (χ0v) is 24.4. The van der Waals surface area contributed by atoms with E-state index in [1.807, 2.05) is 37.3 Å². The first-order chi connectivity index (χ1) is 21.0. The van der Waals surface area contributed by atoms with E-state index in [9.17, 15) is 27.9 Å². The van der Waals surface area contributed by atoms with Gasteiger partial charge < -0.3 is 19.6 Å². The maximum atomic E-state index is 12.8. The van der Waals surface area contributed by atoms with Crippen LogP contribution in [0.4, 0.5) is 13.2 Å². The van der Waals surface area contributed by atoms with Gasteiger partial charge in [0, 0.05) is 35.7 Å². The molecule has 7 nitrogen and oxygen atoms in total. The SMILES string of the molecule is CCc1oc(-c2ccccc2)nc1CCCOc1ccc(C[C@H](NC(C)=CC(=O)c2ccc(C(F)(F)F)cc2)C(=O)O)cc1. The number of aromatic nitrogens is 1. The second-order valence-electron chi connectivity index (χ2n) is 10.2. The monoisotopic (exact) mass is 606 g/mol. The van der Waals surface area contributed by atoms with Gasteiger partial charge in [0.1, 0.15) is 17.6 Å². The van der Waals surface area contributed by atoms with Crippen LogP contribution in [0.2, 0.25) is 0 Å². The number of carbonyl (C=O) groups is 2. The van der Waals surface area contributed by atoms with Crippen molar-refractivity contribution in [3.8, 4) is 17.2 Å². The standard InChI is InChI=1S/C34H33F3N2O5/c1-3-31-28(39-32(44-31)25-8-5-4-6-9-25)10-7-19-43-27-17-11-23(12-18-27)21-29(33(41)42)38-22(2)20-30(40)24-13-15-26(16-14-24)34(35,36)37/h4-6,8-9,11-18,20,29,38H,3,7,10,19,21H2,1-2H3,(H,41,42)/t29-/m0/s1. The Morgan fingerprint density at radius 2 is 1.70 bits per heavy atom. The van der Waals surface area contributed by atoms with E-state index in [0.717, 1.165) is 59.7 Å². The van der Waals surface area contributed by atoms with Gasteiger partial charge in [-0.25, -0.2) is 9.78 Å². The highest BCUT2D eigenvalue weighted by Gasteiger charge is 2.30. The van der Waals surface area contributed by atoms with E-state index in [4.69, 9.17) is 9.15 Å². The molecular weight excluding hydrogens is 573 g/mol. The molecule has 4 aromatic rings. The summed E-state index contributed by atoms with van der Waals surface area (Å²) in [6.07, 6.45) is -1.02. The topological polar surface area (TPSA) is 102 Å². The van der Waals surface area contributed by atoms with Crippen LogP contribution in [0.3, 0.4) is 0 Å². The first-order valence-electron chi connectivity index (χ1n) is 14.2. The van der Waals surface area contributed by atoms with Crippen molar-refractivity contribution in [2.75, 3.05) is 6.61 Å². The highest BCUT2D eigenvalue weighted by molar-refractivity contribution is 6.04. The quantitative estimate of drug-likeness (QED) is 0.0882. The summed E-state index contributed by atoms with van der Waals surface area (Å²) in [6.45, 7) is 4.02. The number of ketones is 1. The molecule has 4 rings (SSSR count). The third-order valence-electron chi connectivity index (χ3n) is 6.85. The maximum absolute atomic E-state index is 12.8. The molecule has 0 fully saturated rings. The molecule has 0 bridgehead atoms. The van der Waals surface area contributed by atoms with E-state index in [0.29, 0.717) is 24.7 Å². The average molecular weight is 607 g/mol. The molecule has 0 spiro atoms. The number of alkyl halides is 3. The van der Waals surface area contributed by atoms with Crippen molar-refractivity contribution in [3.05, 3.63) is 119 Å². The largest absolute Gasteiger partial charge is 0.494 e. The molecule has 44 heavy (non-hydrogen) atoms. The highest BCUT2D eigenvalue weighted by atomic mass is 19.4. The van der Waals surface area contributed by atoms with Crippen LogP contribution in [0.1, 0.15) is 53.2 Å². The summed E-state index contributed by atoms with van der Waals surface area (Å²) < 4.78 is 50.2. The van der Waals surface area contributed by atoms with Crippen LogP contribution in [0.5, 0.6) is 5.75 Å². The fraction of sp³-hybridized carbons (Fsp3) is 0.265. The molecule has 1 atom stereocenters. The van der Waals surface area contributed by atoms with Crippen LogP contribution in [-0.4, -0.2) is 34.5 Å². The lowest BCUT2D eigenvalue weighted by atomic mass is 10.0. The van der Waals surface area contributed by atoms with E-state index in [1.165, 1.54) is 13.0 Å². The Balaban J connectivity index is 1.27. The zero-order chi connectivity index (χ0) is 31.7. The van der Waals surface area contributed by atoms with Crippen LogP contribution in [0.15, 0.2) is 95.1 Å². The first-order valence-corrected chi connectivity index (χ1v) is 14.2. The van der Waals surface area contributed by atoms with Crippen LogP contribution in [0.25, 0.3) is 11.5 Å². The van der Waals surface area contributed by atoms with Gasteiger partial charge in [-0.1, -0.05) is 49.4 Å². The van der Waals surface area contributed by atoms with Gasteiger partial charge in [0.15, 0.2) is 5.78 Å². The van der Waals surface area contributed by atoms with E-state index in [-0.39, 0.29) is 17.7 Å². The Hall–Kier alpha value is -4.86. The number of nitrogens with one attached hydrogen (secondary N) is 1. The molecule has 0 aliphatic heterocycles. The van der Waals surface area contributed by atoms with Gasteiger partial charge in [0.05, 0.1) is 17.9 Å². The minimum absolute atomic E-state index is 0.0605. The number of oxazole rings is 1. The number of carbonyl (C=O) groups excluding carboxylic acids is 1. The predicted molar refractivity (Wildman–Crippen MR) is 159 cm³/mol. The van der Waals surface area contributed by atoms with Gasteiger partial charge in [-0.05, 0) is 61.7 Å². The molecule has 0 aliphatic rings. The number of carboxylic acids is 1. The Morgan fingerprint density at radius 3 is 2.32 bits per heavy atom. The molecule has 0 aliphatic carbocycles. The Morgan fingerprint density at radius 1 is 1.02 bits per heavy atom. The van der Waals surface area contributed by atoms with Gasteiger partial charge in [-0.15, -0.1) is 0 Å². The summed E-state index contributed by atoms with van der Waals surface area (Å²) in [5, 5.41) is 12.5. The number of nitrogens with zero attached hydrogens (tertiary/aromatic N) is 1. The number of aryl methyl sites for hydroxylation is 2. The lowest BCUT2D eigenvalue weighted by Crippen LogP contribution is -2.37. The molecule has 3 aromatic carbocycles. The third kappa shape index (κ3) is 8.82. The highest BCUT2D eigenvalue weighted by Crippen LogP contribution is 2.29. The van der Waals surface area contributed by atoms with Gasteiger partial charge in [0.25, 0.3) is 0 Å². The molecular formula is C34H33F3N2O5. The fourth-order valence-corrected chi connectivity index (χ4v) is 4.57. The van der Waals surface area contributed by atoms with Crippen molar-refractivity contribution >= 4 is 11.8 Å². The van der Waals surface area contributed by atoms with Crippen LogP contribution < -0.4 is 10.1 Å². The van der Waals surface area contributed by atoms with Crippen LogP contribution >= 0.6 is 0 Å². The predicted octanol–water partition coefficient (Wildman–Crippen LogP) is 7.31. The number of halogens is 3. The molecule has 10 heteroatoms. The normalized spacial score (nSPS) is 12.5. The third-order valence-corrected chi connectivity index (χ3v) is 6.85. The molecule has 1 aromatic heterocycles. The van der Waals surface area contributed by atoms with Gasteiger partial charge in [-0.3, -0.25) is 4.79 Å². The molecule has 1 heterocycles. The summed E-state index contributed by atoms with van der Waals surface area (Å²) in [5.41, 5.74) is 2.07. The van der Waals surface area contributed by atoms with E-state index < -0.39 is 29.5 Å². The Labute approximate surface area is 253 Å². The maximum Gasteiger partial charge on any atom is 0.416 e. The molecule has 0 saturated carbocycles. The zero-order valence-electron chi connectivity index (χ0n) is 24.4. The lowest BCUT2D eigenvalue weighted by molar-refractivity contribution is -0.139. The minimum atomic E-state index is -4.50. The summed E-state index contributed by atoms with van der Waals surface area (Å²) in [5.74, 6) is 0.464. The second-order valence-corrected chi connectivity index (χ2v) is 10.2. The molecule has 0 unspecified atom stereocenters. The number of ether oxygens (including phenoxy) is 1. The van der Waals surface area contributed by atoms with Crippen molar-refractivity contribution in [1.82, 2.24) is 10.3 Å². The van der Waals surface area contributed by atoms with Crippen LogP contribution in [0, 0.1) is 0 Å². The fourth-order valence-electron chi connectivity index (χ4n) is 4.57. The van der Waals surface area contributed by atoms with Crippen molar-refractivity contribution in [2.45, 2.75) is 51.7 Å². The molecule has 230 valence electrons. The molecule has 0 saturated heterocycles. The van der Waals surface area contributed by atoms with E-state index in [2.05, 4.69) is 10.3 Å². The molecule has 0 amide bonds. The smallest absolute Gasteiger partial charge is 0.416 e. The number of allylic oxidation sites excluding steroid dienone is 2. The van der Waals surface area contributed by atoms with E-state index >= 15 is 0 Å². The van der Waals surface area contributed by atoms with Crippen molar-refractivity contribution in [3.63, 3.8) is 0 Å². The summed E-state index contributed by atoms with van der Waals surface area (Å²) >= 11 is 0. The Kier molecular flexibility index (Phi) is 10.6. The molecule has 0 radical (unpaired) electrons. The average Bonchev–Trinajstić information content (AvgIpc) is 3.43. The van der Waals surface area contributed by atoms with Crippen molar-refractivity contribution in [2.24, 2.45) is 0 Å². The number of hydrogen-bond acceptors (Lipinski definition) is 6. The summed E-state index contributed by atoms with van der Waals surface area (Å²) in [6, 6.07) is 19.7. The van der Waals surface area contributed by atoms with Crippen molar-refractivity contribution < 1.29 is 37.0 Å². The van der Waals surface area contributed by atoms with Gasteiger partial charge >= 0.3 is 12.1 Å². The van der Waals surface area contributed by atoms with Gasteiger partial charge in [0.2, 0.25) is 5.89 Å². The summed E-state index contributed by atoms with van der Waals surface area (Å²) in [7, 11) is 0. The lowest BCUT2D eigenvalue weighted by Gasteiger charge is -2.16. The number of aliphatic carboxylic acids is 1. The first kappa shape index (κ1) is 32.1. The number of hydrogen-bond donors (Lipinski definition) is 2. The number of rotatable bonds is 14. The van der Waals surface area contributed by atoms with Gasteiger partial charge in [-0.2, -0.15) is 13.2 Å². The number of benzene rings is 3. The number of carboxylic acid groups (broad SMARTS) is 1. The Bertz CT molecular complexity index is 1580. The van der Waals surface area contributed by atoms with Crippen molar-refractivity contribution in [1.29, 1.82) is 0 Å². The molecule has 2 N–H and O–H groups in total.